The molecule has 0 aromatic carbocycles. The van der Waals surface area contributed by atoms with Crippen LogP contribution in [0.2, 0.25) is 0 Å². The molecule has 1 aliphatic rings. The van der Waals surface area contributed by atoms with Crippen LogP contribution < -0.4 is 5.73 Å². The van der Waals surface area contributed by atoms with Gasteiger partial charge in [-0.05, 0) is 31.5 Å². The average Bonchev–Trinajstić information content (AvgIpc) is 2.65. The van der Waals surface area contributed by atoms with E-state index in [4.69, 9.17) is 5.73 Å². The molecule has 1 unspecified atom stereocenters. The molecule has 0 aromatic heterocycles. The van der Waals surface area contributed by atoms with Gasteiger partial charge in [0.15, 0.2) is 0 Å². The van der Waals surface area contributed by atoms with Crippen molar-refractivity contribution in [1.82, 2.24) is 4.90 Å². The van der Waals surface area contributed by atoms with Gasteiger partial charge in [-0.1, -0.05) is 6.42 Å². The lowest BCUT2D eigenvalue weighted by molar-refractivity contribution is -0.132. The Morgan fingerprint density at radius 2 is 2.19 bits per heavy atom. The Morgan fingerprint density at radius 3 is 2.81 bits per heavy atom. The number of unbranched alkanes of at least 4 members (excludes halogenated alkanes) is 2. The van der Waals surface area contributed by atoms with E-state index >= 15 is 0 Å². The van der Waals surface area contributed by atoms with Crippen LogP contribution in [-0.2, 0) is 4.79 Å². The molecule has 16 heavy (non-hydrogen) atoms. The summed E-state index contributed by atoms with van der Waals surface area (Å²) < 4.78 is 0. The van der Waals surface area contributed by atoms with E-state index in [-0.39, 0.29) is 18.6 Å². The van der Waals surface area contributed by atoms with Crippen molar-refractivity contribution in [3.05, 3.63) is 0 Å². The van der Waals surface area contributed by atoms with Crippen LogP contribution in [0.5, 0.6) is 0 Å². The van der Waals surface area contributed by atoms with Gasteiger partial charge in [-0.25, -0.2) is 0 Å². The zero-order chi connectivity index (χ0) is 12.0. The molecule has 0 aliphatic carbocycles. The molecule has 0 radical (unpaired) electrons. The molecular formula is C11H23N2O2P. The first-order valence-electron chi connectivity index (χ1n) is 6.05. The lowest BCUT2D eigenvalue weighted by atomic mass is 10.1. The Morgan fingerprint density at radius 1 is 1.44 bits per heavy atom. The fourth-order valence-corrected chi connectivity index (χ4v) is 2.71. The topological polar surface area (TPSA) is 66.6 Å². The summed E-state index contributed by atoms with van der Waals surface area (Å²) in [5.41, 5.74) is 5.83. The number of nitrogens with zero attached hydrogens (tertiary/aromatic N) is 1. The summed E-state index contributed by atoms with van der Waals surface area (Å²) in [6, 6.07) is 0.0320. The maximum Gasteiger partial charge on any atom is 0.222 e. The summed E-state index contributed by atoms with van der Waals surface area (Å²) in [5.74, 6) is 0.182. The minimum absolute atomic E-state index is 0.0320. The average molecular weight is 246 g/mol. The summed E-state index contributed by atoms with van der Waals surface area (Å²) in [4.78, 5) is 13.7. The van der Waals surface area contributed by atoms with E-state index in [0.29, 0.717) is 18.6 Å². The Hall–Kier alpha value is -0.180. The van der Waals surface area contributed by atoms with Crippen molar-refractivity contribution >= 4 is 15.1 Å². The second-order valence-corrected chi connectivity index (χ2v) is 5.42. The highest BCUT2D eigenvalue weighted by Gasteiger charge is 2.31. The molecule has 1 fully saturated rings. The summed E-state index contributed by atoms with van der Waals surface area (Å²) >= 11 is 0. The van der Waals surface area contributed by atoms with Crippen LogP contribution in [-0.4, -0.2) is 47.3 Å². The van der Waals surface area contributed by atoms with Crippen molar-refractivity contribution in [2.24, 2.45) is 5.73 Å². The Labute approximate surface area is 99.8 Å². The summed E-state index contributed by atoms with van der Waals surface area (Å²) in [6.45, 7) is 1.55. The molecule has 1 rings (SSSR count). The maximum atomic E-state index is 11.9. The molecule has 3 N–H and O–H groups in total. The summed E-state index contributed by atoms with van der Waals surface area (Å²) in [7, 11) is 2.74. The second kappa shape index (κ2) is 7.21. The molecule has 0 spiro atoms. The largest absolute Gasteiger partial charge is 0.394 e. The van der Waals surface area contributed by atoms with Gasteiger partial charge in [-0.2, -0.15) is 0 Å². The molecule has 1 heterocycles. The van der Waals surface area contributed by atoms with Gasteiger partial charge < -0.3 is 15.7 Å². The van der Waals surface area contributed by atoms with E-state index in [9.17, 15) is 9.90 Å². The smallest absolute Gasteiger partial charge is 0.222 e. The summed E-state index contributed by atoms with van der Waals surface area (Å²) in [6.07, 6.45) is 4.41. The van der Waals surface area contributed by atoms with E-state index in [1.165, 1.54) is 0 Å². The molecule has 94 valence electrons. The van der Waals surface area contributed by atoms with Crippen molar-refractivity contribution in [2.75, 3.05) is 19.7 Å². The van der Waals surface area contributed by atoms with Gasteiger partial charge in [-0.3, -0.25) is 4.79 Å². The third kappa shape index (κ3) is 4.00. The fourth-order valence-electron chi connectivity index (χ4n) is 2.17. The van der Waals surface area contributed by atoms with Crippen molar-refractivity contribution in [3.8, 4) is 0 Å². The van der Waals surface area contributed by atoms with Crippen molar-refractivity contribution < 1.29 is 9.90 Å². The van der Waals surface area contributed by atoms with Crippen LogP contribution in [0.1, 0.15) is 32.1 Å². The lowest BCUT2D eigenvalue weighted by Crippen LogP contribution is -2.37. The van der Waals surface area contributed by atoms with Gasteiger partial charge in [0, 0.05) is 13.0 Å². The molecule has 4 nitrogen and oxygen atoms in total. The Balaban J connectivity index is 2.29. The molecule has 1 aliphatic heterocycles. The quantitative estimate of drug-likeness (QED) is 0.524. The molecule has 1 saturated heterocycles. The van der Waals surface area contributed by atoms with Gasteiger partial charge in [0.1, 0.15) is 0 Å². The number of likely N-dealkylation sites (tertiary alicyclic amines) is 1. The molecule has 3 atom stereocenters. The van der Waals surface area contributed by atoms with Crippen LogP contribution in [0.15, 0.2) is 0 Å². The predicted octanol–water partition coefficient (Wildman–Crippen LogP) is 0.342. The molecule has 0 saturated carbocycles. The third-order valence-electron chi connectivity index (χ3n) is 3.07. The van der Waals surface area contributed by atoms with Crippen molar-refractivity contribution in [3.63, 3.8) is 0 Å². The first kappa shape index (κ1) is 13.9. The summed E-state index contributed by atoms with van der Waals surface area (Å²) in [5, 5.41) is 9.19. The maximum absolute atomic E-state index is 11.9. The number of hydrogen-bond donors (Lipinski definition) is 2. The number of nitrogens with two attached hydrogens (primary N) is 1. The molecule has 0 aromatic rings. The van der Waals surface area contributed by atoms with Gasteiger partial charge >= 0.3 is 0 Å². The van der Waals surface area contributed by atoms with Gasteiger partial charge in [0.05, 0.1) is 12.6 Å². The number of rotatable bonds is 6. The van der Waals surface area contributed by atoms with E-state index in [0.717, 1.165) is 32.2 Å². The highest BCUT2D eigenvalue weighted by Crippen LogP contribution is 2.24. The minimum Gasteiger partial charge on any atom is -0.394 e. The normalized spacial score (nSPS) is 25.1. The van der Waals surface area contributed by atoms with Crippen LogP contribution in [0.25, 0.3) is 0 Å². The number of aliphatic hydroxyl groups excluding tert-OH is 1. The highest BCUT2D eigenvalue weighted by molar-refractivity contribution is 7.17. The number of carbonyl (C=O) groups is 1. The first-order valence-corrected chi connectivity index (χ1v) is 6.71. The predicted molar refractivity (Wildman–Crippen MR) is 68.2 cm³/mol. The van der Waals surface area contributed by atoms with Crippen LogP contribution >= 0.6 is 9.24 Å². The number of amides is 1. The molecule has 5 heteroatoms. The zero-order valence-corrected chi connectivity index (χ0v) is 10.9. The standard InChI is InChI=1S/C11H23N2O2P/c12-5-3-1-2-4-11(15)13-7-10(16)6-9(13)8-14/h9-10,14H,1-8,12,16H2/t9-,10+/m0/s1. The Bertz CT molecular complexity index is 226. The van der Waals surface area contributed by atoms with Crippen LogP contribution in [0.4, 0.5) is 0 Å². The highest BCUT2D eigenvalue weighted by atomic mass is 31.0. The van der Waals surface area contributed by atoms with Gasteiger partial charge in [0.25, 0.3) is 0 Å². The zero-order valence-electron chi connectivity index (χ0n) is 9.77. The number of hydrogen-bond acceptors (Lipinski definition) is 3. The SMILES string of the molecule is NCCCCCC(=O)N1C[C@H](P)C[C@H]1CO. The van der Waals surface area contributed by atoms with Crippen LogP contribution in [0, 0.1) is 0 Å². The third-order valence-corrected chi connectivity index (χ3v) is 3.56. The fraction of sp³-hybridized carbons (Fsp3) is 0.909. The van der Waals surface area contributed by atoms with Crippen molar-refractivity contribution in [2.45, 2.75) is 43.8 Å². The van der Waals surface area contributed by atoms with Crippen molar-refractivity contribution in [1.29, 1.82) is 0 Å². The lowest BCUT2D eigenvalue weighted by Gasteiger charge is -2.22. The van der Waals surface area contributed by atoms with E-state index in [1.807, 2.05) is 4.90 Å². The van der Waals surface area contributed by atoms with E-state index < -0.39 is 0 Å². The van der Waals surface area contributed by atoms with Crippen LogP contribution in [0.3, 0.4) is 0 Å². The van der Waals surface area contributed by atoms with E-state index in [1.54, 1.807) is 0 Å². The first-order chi connectivity index (χ1) is 7.69. The van der Waals surface area contributed by atoms with Gasteiger partial charge in [0.2, 0.25) is 5.91 Å². The molecule has 1 amide bonds. The Kier molecular flexibility index (Phi) is 6.25. The van der Waals surface area contributed by atoms with Gasteiger partial charge in [-0.15, -0.1) is 9.24 Å². The van der Waals surface area contributed by atoms with E-state index in [2.05, 4.69) is 9.24 Å². The number of carbonyl (C=O) groups excluding carboxylic acids is 1. The number of aliphatic hydroxyl groups is 1. The molecule has 0 bridgehead atoms. The second-order valence-electron chi connectivity index (χ2n) is 4.48. The minimum atomic E-state index is 0.0320. The molecular weight excluding hydrogens is 223 g/mol. The monoisotopic (exact) mass is 246 g/mol.